The molecule has 0 aliphatic heterocycles. The summed E-state index contributed by atoms with van der Waals surface area (Å²) in [4.78, 5) is 0. The van der Waals surface area contributed by atoms with E-state index in [1.807, 2.05) is 42.5 Å². The van der Waals surface area contributed by atoms with Crippen LogP contribution in [0.4, 0.5) is 5.69 Å². The van der Waals surface area contributed by atoms with E-state index in [1.165, 1.54) is 11.1 Å². The molecule has 0 saturated heterocycles. The molecule has 0 aliphatic carbocycles. The van der Waals surface area contributed by atoms with Crippen molar-refractivity contribution in [2.24, 2.45) is 0 Å². The van der Waals surface area contributed by atoms with E-state index in [0.29, 0.717) is 0 Å². The van der Waals surface area contributed by atoms with Gasteiger partial charge in [-0.15, -0.1) is 0 Å². The Morgan fingerprint density at radius 3 is 2.39 bits per heavy atom. The Hall–Kier alpha value is -2.27. The summed E-state index contributed by atoms with van der Waals surface area (Å²) < 4.78 is 0. The van der Waals surface area contributed by atoms with Gasteiger partial charge in [-0.25, -0.2) is 0 Å². The molecule has 0 heterocycles. The molecule has 1 N–H and O–H groups in total. The van der Waals surface area contributed by atoms with Gasteiger partial charge in [0.1, 0.15) is 6.04 Å². The summed E-state index contributed by atoms with van der Waals surface area (Å²) in [5, 5.41) is 12.6. The molecule has 90 valence electrons. The monoisotopic (exact) mass is 236 g/mol. The van der Waals surface area contributed by atoms with Crippen LogP contribution in [0.5, 0.6) is 0 Å². The summed E-state index contributed by atoms with van der Waals surface area (Å²) in [6.07, 6.45) is 0. The number of hydrogen-bond donors (Lipinski definition) is 1. The number of rotatable bonds is 3. The number of hydrogen-bond acceptors (Lipinski definition) is 2. The van der Waals surface area contributed by atoms with Crippen LogP contribution in [-0.2, 0) is 0 Å². The number of nitrogens with one attached hydrogen (secondary N) is 1. The van der Waals surface area contributed by atoms with Crippen molar-refractivity contribution >= 4 is 5.69 Å². The van der Waals surface area contributed by atoms with Crippen LogP contribution in [0.1, 0.15) is 22.7 Å². The fourth-order valence-electron chi connectivity index (χ4n) is 1.97. The first-order chi connectivity index (χ1) is 8.72. The second-order valence-corrected chi connectivity index (χ2v) is 4.36. The summed E-state index contributed by atoms with van der Waals surface area (Å²) in [7, 11) is 0. The number of benzene rings is 2. The lowest BCUT2D eigenvalue weighted by atomic mass is 9.98. The number of para-hydroxylation sites is 1. The van der Waals surface area contributed by atoms with Crippen LogP contribution < -0.4 is 5.32 Å². The van der Waals surface area contributed by atoms with Crippen molar-refractivity contribution in [1.82, 2.24) is 0 Å². The second-order valence-electron chi connectivity index (χ2n) is 4.36. The Labute approximate surface area is 108 Å². The number of nitriles is 1. The quantitative estimate of drug-likeness (QED) is 0.875. The van der Waals surface area contributed by atoms with Gasteiger partial charge in [0.15, 0.2) is 0 Å². The number of nitrogens with zero attached hydrogens (tertiary/aromatic N) is 1. The minimum atomic E-state index is -0.313. The molecule has 2 nitrogen and oxygen atoms in total. The molecule has 1 unspecified atom stereocenters. The number of anilines is 1. The van der Waals surface area contributed by atoms with Gasteiger partial charge in [0.25, 0.3) is 0 Å². The van der Waals surface area contributed by atoms with E-state index >= 15 is 0 Å². The first kappa shape index (κ1) is 12.2. The number of aryl methyl sites for hydroxylation is 1. The maximum atomic E-state index is 9.34. The average molecular weight is 236 g/mol. The van der Waals surface area contributed by atoms with Crippen molar-refractivity contribution in [3.8, 4) is 6.07 Å². The smallest absolute Gasteiger partial charge is 0.140 e. The molecule has 2 heteroatoms. The lowest BCUT2D eigenvalue weighted by Gasteiger charge is -2.16. The highest BCUT2D eigenvalue weighted by Gasteiger charge is 2.13. The largest absolute Gasteiger partial charge is 0.366 e. The Bertz CT molecular complexity index is 567. The summed E-state index contributed by atoms with van der Waals surface area (Å²) in [6, 6.07) is 17.9. The highest BCUT2D eigenvalue weighted by Crippen LogP contribution is 2.23. The lowest BCUT2D eigenvalue weighted by molar-refractivity contribution is 0.976. The molecule has 0 saturated carbocycles. The summed E-state index contributed by atoms with van der Waals surface area (Å²) in [6.45, 7) is 4.12. The molecular weight excluding hydrogens is 220 g/mol. The molecule has 0 radical (unpaired) electrons. The van der Waals surface area contributed by atoms with E-state index in [9.17, 15) is 5.26 Å². The zero-order valence-corrected chi connectivity index (χ0v) is 10.6. The zero-order valence-electron chi connectivity index (χ0n) is 10.6. The van der Waals surface area contributed by atoms with E-state index in [2.05, 4.69) is 31.3 Å². The highest BCUT2D eigenvalue weighted by molar-refractivity contribution is 5.49. The average Bonchev–Trinajstić information content (AvgIpc) is 2.41. The fraction of sp³-hybridized carbons (Fsp3) is 0.188. The summed E-state index contributed by atoms with van der Waals surface area (Å²) >= 11 is 0. The van der Waals surface area contributed by atoms with E-state index in [4.69, 9.17) is 0 Å². The Morgan fingerprint density at radius 1 is 1.00 bits per heavy atom. The molecule has 18 heavy (non-hydrogen) atoms. The minimum absolute atomic E-state index is 0.313. The molecule has 0 aromatic heterocycles. The third-order valence-corrected chi connectivity index (χ3v) is 3.17. The van der Waals surface area contributed by atoms with E-state index in [1.54, 1.807) is 0 Å². The van der Waals surface area contributed by atoms with Crippen LogP contribution >= 0.6 is 0 Å². The van der Waals surface area contributed by atoms with E-state index in [-0.39, 0.29) is 6.04 Å². The van der Waals surface area contributed by atoms with Gasteiger partial charge in [-0.2, -0.15) is 5.26 Å². The normalized spacial score (nSPS) is 11.6. The van der Waals surface area contributed by atoms with Crippen molar-refractivity contribution in [3.05, 3.63) is 65.2 Å². The maximum absolute atomic E-state index is 9.34. The first-order valence-electron chi connectivity index (χ1n) is 5.99. The first-order valence-corrected chi connectivity index (χ1v) is 5.99. The molecule has 2 rings (SSSR count). The van der Waals surface area contributed by atoms with Crippen molar-refractivity contribution in [2.45, 2.75) is 19.9 Å². The van der Waals surface area contributed by atoms with Gasteiger partial charge in [-0.3, -0.25) is 0 Å². The molecule has 1 atom stereocenters. The molecule has 0 aliphatic rings. The van der Waals surface area contributed by atoms with Gasteiger partial charge in [-0.05, 0) is 42.7 Å². The predicted octanol–water partition coefficient (Wildman–Crippen LogP) is 3.98. The van der Waals surface area contributed by atoms with Gasteiger partial charge >= 0.3 is 0 Å². The van der Waals surface area contributed by atoms with Crippen LogP contribution in [0.2, 0.25) is 0 Å². The standard InChI is InChI=1S/C16H16N2/c1-12-7-6-10-15(13(12)2)16(11-17)18-14-8-4-3-5-9-14/h3-10,16,18H,1-2H3. The molecule has 0 bridgehead atoms. The molecular formula is C16H16N2. The van der Waals surface area contributed by atoms with Crippen LogP contribution in [0.25, 0.3) is 0 Å². The van der Waals surface area contributed by atoms with Crippen molar-refractivity contribution < 1.29 is 0 Å². The Kier molecular flexibility index (Phi) is 3.64. The predicted molar refractivity (Wildman–Crippen MR) is 74.3 cm³/mol. The van der Waals surface area contributed by atoms with Gasteiger partial charge in [0.05, 0.1) is 6.07 Å². The van der Waals surface area contributed by atoms with E-state index in [0.717, 1.165) is 11.3 Å². The van der Waals surface area contributed by atoms with Crippen molar-refractivity contribution in [3.63, 3.8) is 0 Å². The highest BCUT2D eigenvalue weighted by atomic mass is 14.9. The zero-order chi connectivity index (χ0) is 13.0. The third kappa shape index (κ3) is 2.52. The van der Waals surface area contributed by atoms with E-state index < -0.39 is 0 Å². The van der Waals surface area contributed by atoms with Gasteiger partial charge in [-0.1, -0.05) is 36.4 Å². The molecule has 0 fully saturated rings. The Balaban J connectivity index is 2.30. The van der Waals surface area contributed by atoms with Crippen LogP contribution in [-0.4, -0.2) is 0 Å². The topological polar surface area (TPSA) is 35.8 Å². The van der Waals surface area contributed by atoms with Crippen LogP contribution in [0.15, 0.2) is 48.5 Å². The fourth-order valence-corrected chi connectivity index (χ4v) is 1.97. The third-order valence-electron chi connectivity index (χ3n) is 3.17. The van der Waals surface area contributed by atoms with Crippen molar-refractivity contribution in [1.29, 1.82) is 5.26 Å². The molecule has 0 spiro atoms. The SMILES string of the molecule is Cc1cccc(C(C#N)Nc2ccccc2)c1C. The minimum Gasteiger partial charge on any atom is -0.366 e. The van der Waals surface area contributed by atoms with Crippen LogP contribution in [0, 0.1) is 25.2 Å². The maximum Gasteiger partial charge on any atom is 0.140 e. The Morgan fingerprint density at radius 2 is 1.72 bits per heavy atom. The second kappa shape index (κ2) is 5.37. The van der Waals surface area contributed by atoms with Crippen LogP contribution in [0.3, 0.4) is 0 Å². The molecule has 0 amide bonds. The summed E-state index contributed by atoms with van der Waals surface area (Å²) in [5.41, 5.74) is 4.39. The molecule has 2 aromatic rings. The molecule has 2 aromatic carbocycles. The van der Waals surface area contributed by atoms with Crippen molar-refractivity contribution in [2.75, 3.05) is 5.32 Å². The van der Waals surface area contributed by atoms with Gasteiger partial charge < -0.3 is 5.32 Å². The lowest BCUT2D eigenvalue weighted by Crippen LogP contribution is -2.10. The van der Waals surface area contributed by atoms with Gasteiger partial charge in [0.2, 0.25) is 0 Å². The van der Waals surface area contributed by atoms with Gasteiger partial charge in [0, 0.05) is 5.69 Å². The summed E-state index contributed by atoms with van der Waals surface area (Å²) in [5.74, 6) is 0.